The Morgan fingerprint density at radius 1 is 1.00 bits per heavy atom. The monoisotopic (exact) mass is 388 g/mol. The number of rotatable bonds is 6. The van der Waals surface area contributed by atoms with Gasteiger partial charge in [0, 0.05) is 0 Å². The maximum Gasteiger partial charge on any atom is 0.306 e. The predicted octanol–water partition coefficient (Wildman–Crippen LogP) is 6.23. The van der Waals surface area contributed by atoms with Gasteiger partial charge < -0.3 is 9.16 Å². The van der Waals surface area contributed by atoms with Crippen LogP contribution in [0.3, 0.4) is 0 Å². The van der Waals surface area contributed by atoms with Gasteiger partial charge in [0.05, 0.1) is 12.0 Å². The first-order chi connectivity index (χ1) is 12.6. The minimum Gasteiger partial charge on any atom is -0.461 e. The zero-order valence-corrected chi connectivity index (χ0v) is 18.8. The molecular formula is C23H36O3Si. The number of esters is 1. The Bertz CT molecular complexity index is 635. The van der Waals surface area contributed by atoms with E-state index in [9.17, 15) is 4.79 Å². The molecule has 4 heteroatoms. The largest absolute Gasteiger partial charge is 0.461 e. The lowest BCUT2D eigenvalue weighted by atomic mass is 9.57. The lowest BCUT2D eigenvalue weighted by Crippen LogP contribution is -2.55. The van der Waals surface area contributed by atoms with Crippen LogP contribution >= 0.6 is 0 Å². The van der Waals surface area contributed by atoms with E-state index < -0.39 is 8.32 Å². The fourth-order valence-corrected chi connectivity index (χ4v) is 6.13. The molecule has 0 spiro atoms. The Balaban J connectivity index is 1.54. The summed E-state index contributed by atoms with van der Waals surface area (Å²) in [6, 6.07) is 9.93. The Kier molecular flexibility index (Phi) is 5.62. The maximum atomic E-state index is 12.5. The van der Waals surface area contributed by atoms with E-state index in [1.807, 2.05) is 30.3 Å². The standard InChI is InChI=1S/C23H36O3Si/c1-21(2,3)27(4,5)26-23-14-11-22(12-15-23,13-16-23)17-20(24)25-18-19-9-7-6-8-10-19/h6-10H,11-18H2,1-5H3. The average molecular weight is 389 g/mol. The molecule has 3 aliphatic rings. The highest BCUT2D eigenvalue weighted by atomic mass is 28.4. The third kappa shape index (κ3) is 4.65. The molecule has 150 valence electrons. The quantitative estimate of drug-likeness (QED) is 0.428. The molecule has 0 saturated heterocycles. The normalized spacial score (nSPS) is 28.2. The molecule has 1 aromatic carbocycles. The summed E-state index contributed by atoms with van der Waals surface area (Å²) in [4.78, 5) is 12.5. The third-order valence-corrected chi connectivity index (χ3v) is 11.9. The molecule has 0 heterocycles. The lowest BCUT2D eigenvalue weighted by molar-refractivity contribution is -0.153. The van der Waals surface area contributed by atoms with Gasteiger partial charge in [-0.3, -0.25) is 4.79 Å². The van der Waals surface area contributed by atoms with E-state index in [0.29, 0.717) is 13.0 Å². The van der Waals surface area contributed by atoms with E-state index in [1.165, 1.54) is 0 Å². The Morgan fingerprint density at radius 3 is 2.07 bits per heavy atom. The van der Waals surface area contributed by atoms with Crippen LogP contribution < -0.4 is 0 Å². The minimum atomic E-state index is -1.76. The van der Waals surface area contributed by atoms with Gasteiger partial charge in [-0.25, -0.2) is 0 Å². The van der Waals surface area contributed by atoms with Crippen LogP contribution in [-0.4, -0.2) is 19.9 Å². The predicted molar refractivity (Wildman–Crippen MR) is 112 cm³/mol. The summed E-state index contributed by atoms with van der Waals surface area (Å²) in [7, 11) is -1.76. The molecule has 0 amide bonds. The smallest absolute Gasteiger partial charge is 0.306 e. The number of ether oxygens (including phenoxy) is 1. The van der Waals surface area contributed by atoms with E-state index >= 15 is 0 Å². The molecule has 0 aliphatic heterocycles. The molecule has 3 saturated carbocycles. The van der Waals surface area contributed by atoms with Crippen molar-refractivity contribution in [3.63, 3.8) is 0 Å². The van der Waals surface area contributed by atoms with Crippen molar-refractivity contribution in [2.45, 2.75) is 96.1 Å². The van der Waals surface area contributed by atoms with Crippen molar-refractivity contribution in [1.29, 1.82) is 0 Å². The van der Waals surface area contributed by atoms with Crippen molar-refractivity contribution in [3.05, 3.63) is 35.9 Å². The summed E-state index contributed by atoms with van der Waals surface area (Å²) in [5, 5.41) is 0.245. The summed E-state index contributed by atoms with van der Waals surface area (Å²) < 4.78 is 12.5. The minimum absolute atomic E-state index is 0.0430. The number of benzene rings is 1. The third-order valence-electron chi connectivity index (χ3n) is 7.37. The van der Waals surface area contributed by atoms with Gasteiger partial charge in [-0.15, -0.1) is 0 Å². The van der Waals surface area contributed by atoms with E-state index in [-0.39, 0.29) is 22.0 Å². The van der Waals surface area contributed by atoms with Gasteiger partial charge in [-0.2, -0.15) is 0 Å². The highest BCUT2D eigenvalue weighted by molar-refractivity contribution is 6.74. The lowest BCUT2D eigenvalue weighted by Gasteiger charge is -2.56. The molecule has 3 aliphatic carbocycles. The molecule has 0 unspecified atom stereocenters. The highest BCUT2D eigenvalue weighted by Crippen LogP contribution is 2.57. The molecule has 4 rings (SSSR count). The molecule has 27 heavy (non-hydrogen) atoms. The Labute approximate surface area is 166 Å². The molecule has 0 N–H and O–H groups in total. The van der Waals surface area contributed by atoms with Crippen molar-refractivity contribution in [1.82, 2.24) is 0 Å². The summed E-state index contributed by atoms with van der Waals surface area (Å²) in [5.41, 5.74) is 1.27. The second kappa shape index (κ2) is 7.36. The number of fused-ring (bicyclic) bond motifs is 3. The maximum absolute atomic E-state index is 12.5. The number of carbonyl (C=O) groups is 1. The Hall–Kier alpha value is -1.13. The van der Waals surface area contributed by atoms with Crippen molar-refractivity contribution in [2.24, 2.45) is 5.41 Å². The molecular weight excluding hydrogens is 352 g/mol. The van der Waals surface area contributed by atoms with Crippen molar-refractivity contribution in [3.8, 4) is 0 Å². The van der Waals surface area contributed by atoms with Crippen LogP contribution in [0.4, 0.5) is 0 Å². The van der Waals surface area contributed by atoms with Crippen LogP contribution in [0.25, 0.3) is 0 Å². The SMILES string of the molecule is CC(C)(C)[Si](C)(C)OC12CCC(CC(=O)OCc3ccccc3)(CC1)CC2. The van der Waals surface area contributed by atoms with Crippen LogP contribution in [-0.2, 0) is 20.6 Å². The van der Waals surface area contributed by atoms with E-state index in [2.05, 4.69) is 33.9 Å². The summed E-state index contributed by atoms with van der Waals surface area (Å²) in [6.45, 7) is 12.0. The van der Waals surface area contributed by atoms with Crippen LogP contribution in [0.5, 0.6) is 0 Å². The van der Waals surface area contributed by atoms with Gasteiger partial charge in [0.1, 0.15) is 6.61 Å². The molecule has 0 atom stereocenters. The summed E-state index contributed by atoms with van der Waals surface area (Å²) in [5.74, 6) is -0.0430. The topological polar surface area (TPSA) is 35.5 Å². The van der Waals surface area contributed by atoms with Gasteiger partial charge in [-0.1, -0.05) is 51.1 Å². The van der Waals surface area contributed by atoms with Gasteiger partial charge in [-0.05, 0) is 67.6 Å². The second-order valence-corrected chi connectivity index (χ2v) is 15.1. The Morgan fingerprint density at radius 2 is 1.56 bits per heavy atom. The van der Waals surface area contributed by atoms with Gasteiger partial charge in [0.15, 0.2) is 8.32 Å². The van der Waals surface area contributed by atoms with Crippen molar-refractivity contribution >= 4 is 14.3 Å². The van der Waals surface area contributed by atoms with Gasteiger partial charge in [0.2, 0.25) is 0 Å². The number of hydrogen-bond acceptors (Lipinski definition) is 3. The highest BCUT2D eigenvalue weighted by Gasteiger charge is 2.53. The van der Waals surface area contributed by atoms with E-state index in [1.54, 1.807) is 0 Å². The van der Waals surface area contributed by atoms with E-state index in [0.717, 1.165) is 44.1 Å². The van der Waals surface area contributed by atoms with Crippen LogP contribution in [0.2, 0.25) is 18.1 Å². The van der Waals surface area contributed by atoms with Crippen LogP contribution in [0.15, 0.2) is 30.3 Å². The van der Waals surface area contributed by atoms with Gasteiger partial charge in [0.25, 0.3) is 0 Å². The first-order valence-corrected chi connectivity index (χ1v) is 13.4. The number of hydrogen-bond donors (Lipinski definition) is 0. The fourth-order valence-electron chi connectivity index (χ4n) is 4.44. The van der Waals surface area contributed by atoms with Crippen LogP contribution in [0.1, 0.15) is 71.3 Å². The van der Waals surface area contributed by atoms with Crippen molar-refractivity contribution < 1.29 is 14.0 Å². The van der Waals surface area contributed by atoms with Crippen molar-refractivity contribution in [2.75, 3.05) is 0 Å². The zero-order chi connectivity index (χ0) is 19.8. The van der Waals surface area contributed by atoms with E-state index in [4.69, 9.17) is 9.16 Å². The molecule has 3 fully saturated rings. The first kappa shape index (κ1) is 20.6. The molecule has 3 nitrogen and oxygen atoms in total. The first-order valence-electron chi connectivity index (χ1n) is 10.4. The molecule has 1 aromatic rings. The molecule has 0 radical (unpaired) electrons. The second-order valence-electron chi connectivity index (χ2n) is 10.4. The summed E-state index contributed by atoms with van der Waals surface area (Å²) >= 11 is 0. The van der Waals surface area contributed by atoms with Crippen LogP contribution in [0, 0.1) is 5.41 Å². The fraction of sp³-hybridized carbons (Fsp3) is 0.696. The van der Waals surface area contributed by atoms with Gasteiger partial charge >= 0.3 is 5.97 Å². The zero-order valence-electron chi connectivity index (χ0n) is 17.8. The average Bonchev–Trinajstić information content (AvgIpc) is 2.61. The number of carbonyl (C=O) groups excluding carboxylic acids is 1. The molecule has 2 bridgehead atoms. The summed E-state index contributed by atoms with van der Waals surface area (Å²) in [6.07, 6.45) is 7.17. The molecule has 0 aromatic heterocycles.